The number of halogens is 5. The zero-order valence-electron chi connectivity index (χ0n) is 15.6. The standard InChI is InChI=1S/C21H13BrClF3N4O/c22-14-5-3-13(4-6-14)19-16(21(24,25)26)11-30-18(28-19)9-17(29-30)20(31)27-10-12-1-7-15(23)8-2-12/h1-9,11H,10H2,(H,27,31). The monoisotopic (exact) mass is 508 g/mol. The molecule has 4 aromatic rings. The summed E-state index contributed by atoms with van der Waals surface area (Å²) in [4.78, 5) is 16.6. The Hall–Kier alpha value is -2.91. The number of nitrogens with zero attached hydrogens (tertiary/aromatic N) is 3. The van der Waals surface area contributed by atoms with E-state index in [9.17, 15) is 18.0 Å². The summed E-state index contributed by atoms with van der Waals surface area (Å²) in [6, 6.07) is 14.6. The van der Waals surface area contributed by atoms with E-state index in [1.165, 1.54) is 18.2 Å². The van der Waals surface area contributed by atoms with Gasteiger partial charge in [0.1, 0.15) is 5.56 Å². The van der Waals surface area contributed by atoms with Gasteiger partial charge in [0.15, 0.2) is 11.3 Å². The quantitative estimate of drug-likeness (QED) is 0.380. The van der Waals surface area contributed by atoms with Crippen LogP contribution in [0.15, 0.2) is 65.3 Å². The topological polar surface area (TPSA) is 59.3 Å². The molecule has 0 aliphatic heterocycles. The van der Waals surface area contributed by atoms with Crippen molar-refractivity contribution in [3.05, 3.63) is 87.1 Å². The molecule has 1 N–H and O–H groups in total. The summed E-state index contributed by atoms with van der Waals surface area (Å²) in [5.41, 5.74) is 0.0219. The van der Waals surface area contributed by atoms with Crippen LogP contribution < -0.4 is 5.32 Å². The average Bonchev–Trinajstić information content (AvgIpc) is 3.15. The van der Waals surface area contributed by atoms with E-state index in [1.54, 1.807) is 36.4 Å². The smallest absolute Gasteiger partial charge is 0.347 e. The lowest BCUT2D eigenvalue weighted by molar-refractivity contribution is -0.137. The first kappa shape index (κ1) is 21.3. The highest BCUT2D eigenvalue weighted by molar-refractivity contribution is 9.10. The molecule has 0 spiro atoms. The van der Waals surface area contributed by atoms with Crippen LogP contribution in [0.4, 0.5) is 13.2 Å². The zero-order chi connectivity index (χ0) is 22.2. The van der Waals surface area contributed by atoms with Crippen molar-refractivity contribution in [2.75, 3.05) is 0 Å². The Morgan fingerprint density at radius 2 is 1.77 bits per heavy atom. The minimum absolute atomic E-state index is 0.0393. The van der Waals surface area contributed by atoms with Crippen molar-refractivity contribution < 1.29 is 18.0 Å². The summed E-state index contributed by atoms with van der Waals surface area (Å²) in [7, 11) is 0. The van der Waals surface area contributed by atoms with Crippen molar-refractivity contribution in [3.63, 3.8) is 0 Å². The Balaban J connectivity index is 1.67. The Kier molecular flexibility index (Phi) is 5.72. The van der Waals surface area contributed by atoms with Gasteiger partial charge in [0.25, 0.3) is 5.91 Å². The fourth-order valence-corrected chi connectivity index (χ4v) is 3.33. The van der Waals surface area contributed by atoms with Crippen molar-refractivity contribution >= 4 is 39.1 Å². The van der Waals surface area contributed by atoms with Gasteiger partial charge < -0.3 is 5.32 Å². The van der Waals surface area contributed by atoms with E-state index >= 15 is 0 Å². The first-order valence-electron chi connectivity index (χ1n) is 8.97. The molecule has 0 saturated carbocycles. The summed E-state index contributed by atoms with van der Waals surface area (Å²) in [6.45, 7) is 0.218. The van der Waals surface area contributed by atoms with Gasteiger partial charge in [0.2, 0.25) is 0 Å². The van der Waals surface area contributed by atoms with Gasteiger partial charge in [0, 0.05) is 33.9 Å². The van der Waals surface area contributed by atoms with Gasteiger partial charge in [-0.1, -0.05) is 51.8 Å². The Morgan fingerprint density at radius 3 is 2.42 bits per heavy atom. The van der Waals surface area contributed by atoms with E-state index < -0.39 is 17.6 Å². The predicted molar refractivity (Wildman–Crippen MR) is 114 cm³/mol. The molecule has 2 aromatic carbocycles. The third-order valence-corrected chi connectivity index (χ3v) is 5.25. The summed E-state index contributed by atoms with van der Waals surface area (Å²) in [5.74, 6) is -0.529. The van der Waals surface area contributed by atoms with E-state index in [0.717, 1.165) is 20.7 Å². The molecular weight excluding hydrogens is 497 g/mol. The molecule has 1 amide bonds. The molecule has 0 radical (unpaired) electrons. The van der Waals surface area contributed by atoms with Gasteiger partial charge in [-0.2, -0.15) is 18.3 Å². The Labute approximate surface area is 188 Å². The van der Waals surface area contributed by atoms with Crippen LogP contribution in [-0.4, -0.2) is 20.5 Å². The predicted octanol–water partition coefficient (Wildman–Crippen LogP) is 5.76. The second-order valence-electron chi connectivity index (χ2n) is 6.65. The van der Waals surface area contributed by atoms with Crippen molar-refractivity contribution in [1.29, 1.82) is 0 Å². The number of aromatic nitrogens is 3. The second kappa shape index (κ2) is 8.32. The highest BCUT2D eigenvalue weighted by Gasteiger charge is 2.36. The largest absolute Gasteiger partial charge is 0.419 e. The summed E-state index contributed by atoms with van der Waals surface area (Å²) < 4.78 is 42.7. The maximum absolute atomic E-state index is 13.7. The van der Waals surface area contributed by atoms with Gasteiger partial charge in [-0.15, -0.1) is 0 Å². The minimum atomic E-state index is -4.65. The van der Waals surface area contributed by atoms with Crippen LogP contribution in [0.1, 0.15) is 21.6 Å². The van der Waals surface area contributed by atoms with Gasteiger partial charge in [-0.05, 0) is 29.8 Å². The molecular formula is C21H13BrClF3N4O. The molecule has 0 aliphatic carbocycles. The molecule has 2 aromatic heterocycles. The number of alkyl halides is 3. The lowest BCUT2D eigenvalue weighted by Gasteiger charge is -2.12. The average molecular weight is 510 g/mol. The van der Waals surface area contributed by atoms with Crippen LogP contribution in [0.2, 0.25) is 5.02 Å². The first-order chi connectivity index (χ1) is 14.7. The van der Waals surface area contributed by atoms with Crippen molar-refractivity contribution in [3.8, 4) is 11.3 Å². The number of benzene rings is 2. The van der Waals surface area contributed by atoms with Crippen LogP contribution in [0.5, 0.6) is 0 Å². The molecule has 4 rings (SSSR count). The molecule has 0 aliphatic rings. The van der Waals surface area contributed by atoms with Gasteiger partial charge in [0.05, 0.1) is 5.69 Å². The van der Waals surface area contributed by atoms with Crippen LogP contribution in [0, 0.1) is 0 Å². The number of rotatable bonds is 4. The van der Waals surface area contributed by atoms with E-state index in [2.05, 4.69) is 31.3 Å². The molecule has 31 heavy (non-hydrogen) atoms. The first-order valence-corrected chi connectivity index (χ1v) is 10.1. The van der Waals surface area contributed by atoms with Gasteiger partial charge in [-0.3, -0.25) is 4.79 Å². The number of fused-ring (bicyclic) bond motifs is 1. The highest BCUT2D eigenvalue weighted by Crippen LogP contribution is 2.36. The van der Waals surface area contributed by atoms with Crippen LogP contribution >= 0.6 is 27.5 Å². The van der Waals surface area contributed by atoms with Crippen LogP contribution in [0.25, 0.3) is 16.9 Å². The molecule has 0 fully saturated rings. The number of amides is 1. The van der Waals surface area contributed by atoms with Gasteiger partial charge in [-0.25, -0.2) is 9.50 Å². The molecule has 10 heteroatoms. The van der Waals surface area contributed by atoms with E-state index in [4.69, 9.17) is 11.6 Å². The number of hydrogen-bond donors (Lipinski definition) is 1. The fourth-order valence-electron chi connectivity index (χ4n) is 2.94. The second-order valence-corrected chi connectivity index (χ2v) is 8.00. The summed E-state index contributed by atoms with van der Waals surface area (Å²) >= 11 is 9.10. The summed E-state index contributed by atoms with van der Waals surface area (Å²) in [5, 5.41) is 7.23. The SMILES string of the molecule is O=C(NCc1ccc(Cl)cc1)c1cc2nc(-c3ccc(Br)cc3)c(C(F)(F)F)cn2n1. The highest BCUT2D eigenvalue weighted by atomic mass is 79.9. The molecule has 0 unspecified atom stereocenters. The maximum Gasteiger partial charge on any atom is 0.419 e. The van der Waals surface area contributed by atoms with Crippen molar-refractivity contribution in [2.45, 2.75) is 12.7 Å². The van der Waals surface area contributed by atoms with Crippen LogP contribution in [0.3, 0.4) is 0 Å². The lowest BCUT2D eigenvalue weighted by Crippen LogP contribution is -2.23. The number of carbonyl (C=O) groups is 1. The lowest BCUT2D eigenvalue weighted by atomic mass is 10.1. The molecule has 0 saturated heterocycles. The van der Waals surface area contributed by atoms with Crippen molar-refractivity contribution in [1.82, 2.24) is 19.9 Å². The Bertz CT molecular complexity index is 1250. The normalized spacial score (nSPS) is 11.6. The van der Waals surface area contributed by atoms with Crippen LogP contribution in [-0.2, 0) is 12.7 Å². The van der Waals surface area contributed by atoms with Gasteiger partial charge >= 0.3 is 6.18 Å². The molecule has 5 nitrogen and oxygen atoms in total. The van der Waals surface area contributed by atoms with E-state index in [-0.39, 0.29) is 23.6 Å². The zero-order valence-corrected chi connectivity index (χ0v) is 18.0. The Morgan fingerprint density at radius 1 is 1.10 bits per heavy atom. The maximum atomic E-state index is 13.7. The minimum Gasteiger partial charge on any atom is -0.347 e. The van der Waals surface area contributed by atoms with Crippen molar-refractivity contribution in [2.24, 2.45) is 0 Å². The fraction of sp³-hybridized carbons (Fsp3) is 0.0952. The van der Waals surface area contributed by atoms with E-state index in [1.807, 2.05) is 0 Å². The third-order valence-electron chi connectivity index (χ3n) is 4.47. The number of nitrogens with one attached hydrogen (secondary N) is 1. The summed E-state index contributed by atoms with van der Waals surface area (Å²) in [6.07, 6.45) is -3.80. The molecule has 0 atom stereocenters. The molecule has 0 bridgehead atoms. The molecule has 2 heterocycles. The number of hydrogen-bond acceptors (Lipinski definition) is 3. The number of carbonyl (C=O) groups excluding carboxylic acids is 1. The third kappa shape index (κ3) is 4.72. The molecule has 158 valence electrons. The van der Waals surface area contributed by atoms with E-state index in [0.29, 0.717) is 10.6 Å².